The molecule has 0 amide bonds. The Balaban J connectivity index is 1.25. The van der Waals surface area contributed by atoms with Gasteiger partial charge in [0.15, 0.2) is 0 Å². The van der Waals surface area contributed by atoms with Crippen molar-refractivity contribution in [3.05, 3.63) is 165 Å². The van der Waals surface area contributed by atoms with Crippen LogP contribution in [0.3, 0.4) is 0 Å². The molecule has 60 heavy (non-hydrogen) atoms. The molecule has 2 nitrogen and oxygen atoms in total. The summed E-state index contributed by atoms with van der Waals surface area (Å²) in [6.45, 7) is 27.6. The Morgan fingerprint density at radius 1 is 0.400 bits per heavy atom. The van der Waals surface area contributed by atoms with Crippen LogP contribution in [-0.2, 0) is 21.7 Å². The summed E-state index contributed by atoms with van der Waals surface area (Å²) in [6, 6.07) is 43.0. The smallest absolute Gasteiger partial charge is 0.0520 e. The predicted molar refractivity (Wildman–Crippen MR) is 258 cm³/mol. The quantitative estimate of drug-likeness (QED) is 0.166. The Kier molecular flexibility index (Phi) is 9.58. The maximum Gasteiger partial charge on any atom is 0.0520 e. The summed E-state index contributed by atoms with van der Waals surface area (Å²) in [5, 5.41) is 0. The number of rotatable bonds is 6. The van der Waals surface area contributed by atoms with Gasteiger partial charge in [-0.05, 0) is 193 Å². The normalized spacial score (nSPS) is 19.4. The molecule has 0 spiro atoms. The van der Waals surface area contributed by atoms with Crippen molar-refractivity contribution in [1.82, 2.24) is 0 Å². The number of fused-ring (bicyclic) bond motifs is 3. The van der Waals surface area contributed by atoms with E-state index in [9.17, 15) is 0 Å². The number of hydrogen-bond donors (Lipinski definition) is 0. The lowest BCUT2D eigenvalue weighted by Crippen LogP contribution is -2.43. The molecule has 0 saturated heterocycles. The molecule has 3 aliphatic carbocycles. The van der Waals surface area contributed by atoms with Crippen molar-refractivity contribution >= 4 is 34.1 Å². The van der Waals surface area contributed by atoms with Gasteiger partial charge in [-0.15, -0.1) is 0 Å². The van der Waals surface area contributed by atoms with E-state index in [1.54, 1.807) is 11.1 Å². The van der Waals surface area contributed by atoms with Crippen molar-refractivity contribution in [2.75, 3.05) is 9.80 Å². The Bertz CT molecular complexity index is 2420. The summed E-state index contributed by atoms with van der Waals surface area (Å²) < 4.78 is 0. The fraction of sp³-hybridized carbons (Fsp3) is 0.379. The van der Waals surface area contributed by atoms with Gasteiger partial charge in [0.1, 0.15) is 0 Å². The van der Waals surface area contributed by atoms with E-state index in [1.807, 2.05) is 0 Å². The maximum absolute atomic E-state index is 2.64. The van der Waals surface area contributed by atoms with Crippen LogP contribution >= 0.6 is 0 Å². The van der Waals surface area contributed by atoms with E-state index >= 15 is 0 Å². The Morgan fingerprint density at radius 3 is 1.05 bits per heavy atom. The second kappa shape index (κ2) is 14.3. The third-order valence-corrected chi connectivity index (χ3v) is 14.9. The summed E-state index contributed by atoms with van der Waals surface area (Å²) in [4.78, 5) is 5.14. The molecule has 2 saturated carbocycles. The van der Waals surface area contributed by atoms with Crippen LogP contribution in [0.1, 0.15) is 136 Å². The van der Waals surface area contributed by atoms with Crippen LogP contribution in [0.5, 0.6) is 0 Å². The van der Waals surface area contributed by atoms with Gasteiger partial charge in [-0.2, -0.15) is 0 Å². The molecular weight excluding hydrogens is 725 g/mol. The first-order chi connectivity index (χ1) is 28.4. The van der Waals surface area contributed by atoms with Gasteiger partial charge >= 0.3 is 0 Å². The second-order valence-electron chi connectivity index (χ2n) is 21.1. The lowest BCUT2D eigenvalue weighted by atomic mass is 9.55. The molecule has 0 heterocycles. The topological polar surface area (TPSA) is 6.48 Å². The zero-order valence-corrected chi connectivity index (χ0v) is 38.5. The minimum Gasteiger partial charge on any atom is -0.310 e. The Morgan fingerprint density at radius 2 is 0.733 bits per heavy atom. The first-order valence-electron chi connectivity index (χ1n) is 22.7. The molecule has 9 rings (SSSR count). The van der Waals surface area contributed by atoms with Gasteiger partial charge in [0.05, 0.1) is 11.4 Å². The third-order valence-electron chi connectivity index (χ3n) is 14.9. The molecule has 0 aliphatic heterocycles. The van der Waals surface area contributed by atoms with Crippen molar-refractivity contribution in [3.8, 4) is 11.1 Å². The number of nitrogens with zero attached hydrogens (tertiary/aromatic N) is 2. The van der Waals surface area contributed by atoms with Gasteiger partial charge < -0.3 is 9.80 Å². The summed E-state index contributed by atoms with van der Waals surface area (Å²) >= 11 is 0. The highest BCUT2D eigenvalue weighted by molar-refractivity contribution is 5.89. The van der Waals surface area contributed by atoms with E-state index in [0.717, 1.165) is 0 Å². The van der Waals surface area contributed by atoms with Crippen molar-refractivity contribution in [2.24, 2.45) is 0 Å². The lowest BCUT2D eigenvalue weighted by Gasteiger charge is -2.48. The van der Waals surface area contributed by atoms with Crippen LogP contribution in [0.25, 0.3) is 11.1 Å². The molecule has 0 bridgehead atoms. The minimum absolute atomic E-state index is 0.0837. The van der Waals surface area contributed by atoms with Gasteiger partial charge in [0, 0.05) is 33.6 Å². The van der Waals surface area contributed by atoms with E-state index < -0.39 is 0 Å². The maximum atomic E-state index is 2.64. The van der Waals surface area contributed by atoms with Gasteiger partial charge in [-0.3, -0.25) is 0 Å². The highest BCUT2D eigenvalue weighted by Crippen LogP contribution is 2.70. The molecule has 3 aliphatic rings. The monoisotopic (exact) mass is 791 g/mol. The van der Waals surface area contributed by atoms with Gasteiger partial charge in [0.25, 0.3) is 0 Å². The summed E-state index contributed by atoms with van der Waals surface area (Å²) in [5.41, 5.74) is 24.7. The van der Waals surface area contributed by atoms with Crippen molar-refractivity contribution in [3.63, 3.8) is 0 Å². The molecule has 0 radical (unpaired) electrons. The highest BCUT2D eigenvalue weighted by Gasteiger charge is 2.62. The van der Waals surface area contributed by atoms with E-state index in [-0.39, 0.29) is 21.7 Å². The fourth-order valence-electron chi connectivity index (χ4n) is 12.1. The molecular formula is C58H66N2. The largest absolute Gasteiger partial charge is 0.310 e. The SMILES string of the molecule is Cc1cccc(N(c2ccc3c(c2)C24CCCC2(CCC4)c2cc(N(c4cccc(C)c4)c4c(C)cc(C(C)(C)C)cc4C)ccc2-3)c2c(C)cc(C(C)(C)C)cc2C)c1. The molecule has 0 unspecified atom stereocenters. The number of hydrogen-bond acceptors (Lipinski definition) is 2. The summed E-state index contributed by atoms with van der Waals surface area (Å²) in [6.07, 6.45) is 7.56. The van der Waals surface area contributed by atoms with Crippen LogP contribution in [0.15, 0.2) is 109 Å². The van der Waals surface area contributed by atoms with E-state index in [1.165, 1.54) is 128 Å². The average molecular weight is 791 g/mol. The van der Waals surface area contributed by atoms with Gasteiger partial charge in [0.2, 0.25) is 0 Å². The molecule has 6 aromatic carbocycles. The zero-order chi connectivity index (χ0) is 42.5. The van der Waals surface area contributed by atoms with Crippen LogP contribution < -0.4 is 9.80 Å². The van der Waals surface area contributed by atoms with E-state index in [2.05, 4.69) is 202 Å². The first kappa shape index (κ1) is 40.3. The molecule has 0 atom stereocenters. The number of aryl methyl sites for hydroxylation is 6. The van der Waals surface area contributed by atoms with Gasteiger partial charge in [-0.25, -0.2) is 0 Å². The third kappa shape index (κ3) is 6.35. The predicted octanol–water partition coefficient (Wildman–Crippen LogP) is 16.6. The van der Waals surface area contributed by atoms with E-state index in [4.69, 9.17) is 0 Å². The van der Waals surface area contributed by atoms with Crippen molar-refractivity contribution < 1.29 is 0 Å². The van der Waals surface area contributed by atoms with Gasteiger partial charge in [-0.1, -0.05) is 115 Å². The molecule has 6 aromatic rings. The number of benzene rings is 6. The molecule has 2 fully saturated rings. The highest BCUT2D eigenvalue weighted by atomic mass is 15.2. The summed E-state index contributed by atoms with van der Waals surface area (Å²) in [5.74, 6) is 0. The minimum atomic E-state index is 0.0837. The summed E-state index contributed by atoms with van der Waals surface area (Å²) in [7, 11) is 0. The molecule has 2 heteroatoms. The van der Waals surface area contributed by atoms with Crippen molar-refractivity contribution in [1.29, 1.82) is 0 Å². The van der Waals surface area contributed by atoms with Crippen LogP contribution in [0, 0.1) is 41.5 Å². The lowest BCUT2D eigenvalue weighted by molar-refractivity contribution is 0.299. The molecule has 308 valence electrons. The van der Waals surface area contributed by atoms with Crippen LogP contribution in [0.4, 0.5) is 34.1 Å². The van der Waals surface area contributed by atoms with Crippen molar-refractivity contribution in [2.45, 2.75) is 143 Å². The Hall–Kier alpha value is -5.08. The van der Waals surface area contributed by atoms with E-state index in [0.29, 0.717) is 0 Å². The zero-order valence-electron chi connectivity index (χ0n) is 38.5. The fourth-order valence-corrected chi connectivity index (χ4v) is 12.1. The van der Waals surface area contributed by atoms with Crippen LogP contribution in [-0.4, -0.2) is 0 Å². The average Bonchev–Trinajstić information content (AvgIpc) is 3.75. The Labute approximate surface area is 361 Å². The number of anilines is 6. The molecule has 0 aromatic heterocycles. The first-order valence-corrected chi connectivity index (χ1v) is 22.7. The molecule has 0 N–H and O–H groups in total. The van der Waals surface area contributed by atoms with Crippen LogP contribution in [0.2, 0.25) is 0 Å². The second-order valence-corrected chi connectivity index (χ2v) is 21.1. The standard InChI is InChI=1S/C58H66N2/c1-37-17-13-19-45(29-37)59(53-39(3)31-43(32-40(53)4)55(7,8)9)47-21-23-49-50-24-22-48(36-52(50)58-27-15-25-57(58,26-16-28-58)51(49)35-47)60(46-20-14-18-38(2)30-46)54-41(5)33-44(34-42(54)6)56(10,11)12/h13-14,17-24,29-36H,15-16,25-28H2,1-12H3.